The van der Waals surface area contributed by atoms with Crippen molar-refractivity contribution in [3.05, 3.63) is 47.1 Å². The summed E-state index contributed by atoms with van der Waals surface area (Å²) in [5.74, 6) is 0. The first-order valence-electron chi connectivity index (χ1n) is 5.24. The summed E-state index contributed by atoms with van der Waals surface area (Å²) >= 11 is 1.68. The zero-order valence-electron chi connectivity index (χ0n) is 9.27. The highest BCUT2D eigenvalue weighted by molar-refractivity contribution is 7.15. The molecule has 0 unspecified atom stereocenters. The number of aromatic nitrogens is 2. The highest BCUT2D eigenvalue weighted by Crippen LogP contribution is 2.26. The molecule has 16 heavy (non-hydrogen) atoms. The van der Waals surface area contributed by atoms with E-state index >= 15 is 0 Å². The van der Waals surface area contributed by atoms with Crippen molar-refractivity contribution < 1.29 is 0 Å². The summed E-state index contributed by atoms with van der Waals surface area (Å²) in [6.45, 7) is 4.29. The topological polar surface area (TPSA) is 17.3 Å². The van der Waals surface area contributed by atoms with Gasteiger partial charge in [-0.05, 0) is 36.6 Å². The van der Waals surface area contributed by atoms with E-state index in [9.17, 15) is 0 Å². The van der Waals surface area contributed by atoms with E-state index in [0.29, 0.717) is 0 Å². The Morgan fingerprint density at radius 2 is 2.06 bits per heavy atom. The zero-order chi connectivity index (χ0) is 11.1. The lowest BCUT2D eigenvalue weighted by Crippen LogP contribution is -1.86. The Morgan fingerprint density at radius 3 is 2.88 bits per heavy atom. The predicted octanol–water partition coefficient (Wildman–Crippen LogP) is 3.68. The van der Waals surface area contributed by atoms with Gasteiger partial charge >= 0.3 is 0 Å². The Morgan fingerprint density at radius 1 is 1.19 bits per heavy atom. The number of rotatable bonds is 1. The Balaban J connectivity index is 2.23. The van der Waals surface area contributed by atoms with Gasteiger partial charge in [0, 0.05) is 17.8 Å². The fourth-order valence-electron chi connectivity index (χ4n) is 1.83. The number of hydrogen-bond donors (Lipinski definition) is 0. The van der Waals surface area contributed by atoms with Crippen molar-refractivity contribution in [1.82, 2.24) is 9.38 Å². The van der Waals surface area contributed by atoms with Crippen LogP contribution in [-0.4, -0.2) is 9.38 Å². The van der Waals surface area contributed by atoms with Crippen LogP contribution < -0.4 is 0 Å². The molecular formula is C13H12N2S. The number of aryl methyl sites for hydroxylation is 2. The highest BCUT2D eigenvalue weighted by atomic mass is 32.1. The quantitative estimate of drug-likeness (QED) is 0.621. The molecule has 0 aliphatic heterocycles. The summed E-state index contributed by atoms with van der Waals surface area (Å²) < 4.78 is 2.13. The molecule has 1 aromatic carbocycles. The molecule has 3 heteroatoms. The van der Waals surface area contributed by atoms with Crippen LogP contribution in [0.25, 0.3) is 16.2 Å². The van der Waals surface area contributed by atoms with E-state index in [-0.39, 0.29) is 0 Å². The third kappa shape index (κ3) is 1.36. The van der Waals surface area contributed by atoms with E-state index < -0.39 is 0 Å². The lowest BCUT2D eigenvalue weighted by molar-refractivity contribution is 1.23. The summed E-state index contributed by atoms with van der Waals surface area (Å²) in [7, 11) is 0. The van der Waals surface area contributed by atoms with Gasteiger partial charge in [0.05, 0.1) is 5.69 Å². The SMILES string of the molecule is Cc1ccc(-c2csc3nccn23)cc1C. The Hall–Kier alpha value is -1.61. The van der Waals surface area contributed by atoms with Gasteiger partial charge in [-0.3, -0.25) is 4.40 Å². The van der Waals surface area contributed by atoms with Gasteiger partial charge in [-0.2, -0.15) is 0 Å². The van der Waals surface area contributed by atoms with Crippen molar-refractivity contribution in [2.45, 2.75) is 13.8 Å². The van der Waals surface area contributed by atoms with Gasteiger partial charge in [-0.1, -0.05) is 12.1 Å². The van der Waals surface area contributed by atoms with Crippen LogP contribution in [0, 0.1) is 13.8 Å². The van der Waals surface area contributed by atoms with Gasteiger partial charge in [-0.15, -0.1) is 11.3 Å². The van der Waals surface area contributed by atoms with Crippen LogP contribution >= 0.6 is 11.3 Å². The van der Waals surface area contributed by atoms with E-state index in [1.54, 1.807) is 11.3 Å². The van der Waals surface area contributed by atoms with E-state index in [2.05, 4.69) is 46.8 Å². The lowest BCUT2D eigenvalue weighted by atomic mass is 10.1. The average molecular weight is 228 g/mol. The largest absolute Gasteiger partial charge is 0.290 e. The van der Waals surface area contributed by atoms with E-state index in [0.717, 1.165) is 4.96 Å². The van der Waals surface area contributed by atoms with Crippen molar-refractivity contribution in [3.8, 4) is 11.3 Å². The van der Waals surface area contributed by atoms with E-state index in [1.807, 2.05) is 12.4 Å². The summed E-state index contributed by atoms with van der Waals surface area (Å²) in [6.07, 6.45) is 3.85. The predicted molar refractivity (Wildman–Crippen MR) is 68.0 cm³/mol. The molecule has 0 fully saturated rings. The van der Waals surface area contributed by atoms with Crippen LogP contribution in [-0.2, 0) is 0 Å². The molecule has 0 aliphatic carbocycles. The normalized spacial score (nSPS) is 11.1. The minimum absolute atomic E-state index is 1.05. The van der Waals surface area contributed by atoms with Gasteiger partial charge in [0.15, 0.2) is 4.96 Å². The number of nitrogens with zero attached hydrogens (tertiary/aromatic N) is 2. The minimum Gasteiger partial charge on any atom is -0.290 e. The van der Waals surface area contributed by atoms with Crippen LogP contribution in [0.2, 0.25) is 0 Å². The van der Waals surface area contributed by atoms with Gasteiger partial charge in [-0.25, -0.2) is 4.98 Å². The van der Waals surface area contributed by atoms with Crippen LogP contribution in [0.5, 0.6) is 0 Å². The molecule has 0 N–H and O–H groups in total. The molecule has 0 amide bonds. The maximum atomic E-state index is 4.29. The van der Waals surface area contributed by atoms with Gasteiger partial charge in [0.25, 0.3) is 0 Å². The minimum atomic E-state index is 1.05. The van der Waals surface area contributed by atoms with Crippen LogP contribution in [0.1, 0.15) is 11.1 Å². The second kappa shape index (κ2) is 3.46. The van der Waals surface area contributed by atoms with Crippen molar-refractivity contribution in [2.24, 2.45) is 0 Å². The second-order valence-electron chi connectivity index (χ2n) is 4.00. The highest BCUT2D eigenvalue weighted by Gasteiger charge is 2.06. The Bertz CT molecular complexity index is 649. The third-order valence-corrected chi connectivity index (χ3v) is 3.80. The van der Waals surface area contributed by atoms with Crippen molar-refractivity contribution >= 4 is 16.3 Å². The molecule has 0 atom stereocenters. The molecule has 2 heterocycles. The molecule has 80 valence electrons. The number of thiazole rings is 1. The molecule has 0 bridgehead atoms. The van der Waals surface area contributed by atoms with Gasteiger partial charge in [0.1, 0.15) is 0 Å². The summed E-state index contributed by atoms with van der Waals surface area (Å²) in [5, 5.41) is 2.16. The molecule has 2 aromatic heterocycles. The third-order valence-electron chi connectivity index (χ3n) is 2.94. The number of fused-ring (bicyclic) bond motifs is 1. The smallest absolute Gasteiger partial charge is 0.194 e. The maximum Gasteiger partial charge on any atom is 0.194 e. The molecule has 3 rings (SSSR count). The van der Waals surface area contributed by atoms with Crippen LogP contribution in [0.3, 0.4) is 0 Å². The fraction of sp³-hybridized carbons (Fsp3) is 0.154. The van der Waals surface area contributed by atoms with Gasteiger partial charge < -0.3 is 0 Å². The van der Waals surface area contributed by atoms with Gasteiger partial charge in [0.2, 0.25) is 0 Å². The van der Waals surface area contributed by atoms with Crippen molar-refractivity contribution in [3.63, 3.8) is 0 Å². The number of imidazole rings is 1. The first-order valence-corrected chi connectivity index (χ1v) is 6.12. The maximum absolute atomic E-state index is 4.29. The monoisotopic (exact) mass is 228 g/mol. The first kappa shape index (κ1) is 9.60. The lowest BCUT2D eigenvalue weighted by Gasteiger charge is -2.04. The number of hydrogen-bond acceptors (Lipinski definition) is 2. The Labute approximate surface area is 98.2 Å². The average Bonchev–Trinajstić information content (AvgIpc) is 2.83. The molecular weight excluding hydrogens is 216 g/mol. The summed E-state index contributed by atoms with van der Waals surface area (Å²) in [4.78, 5) is 5.34. The molecule has 0 saturated carbocycles. The summed E-state index contributed by atoms with van der Waals surface area (Å²) in [6, 6.07) is 6.58. The van der Waals surface area contributed by atoms with Crippen molar-refractivity contribution in [1.29, 1.82) is 0 Å². The zero-order valence-corrected chi connectivity index (χ0v) is 10.1. The van der Waals surface area contributed by atoms with Crippen molar-refractivity contribution in [2.75, 3.05) is 0 Å². The molecule has 0 saturated heterocycles. The van der Waals surface area contributed by atoms with E-state index in [1.165, 1.54) is 22.4 Å². The molecule has 3 aromatic rings. The van der Waals surface area contributed by atoms with Crippen LogP contribution in [0.4, 0.5) is 0 Å². The summed E-state index contributed by atoms with van der Waals surface area (Å²) in [5.41, 5.74) is 5.14. The Kier molecular flexibility index (Phi) is 2.07. The second-order valence-corrected chi connectivity index (χ2v) is 4.84. The molecule has 0 spiro atoms. The molecule has 0 aliphatic rings. The standard InChI is InChI=1S/C13H12N2S/c1-9-3-4-11(7-10(9)2)12-8-16-13-14-5-6-15(12)13/h3-8H,1-2H3. The number of benzene rings is 1. The molecule has 2 nitrogen and oxygen atoms in total. The van der Waals surface area contributed by atoms with E-state index in [4.69, 9.17) is 0 Å². The molecule has 0 radical (unpaired) electrons. The van der Waals surface area contributed by atoms with Crippen LogP contribution in [0.15, 0.2) is 36.0 Å². The first-order chi connectivity index (χ1) is 7.75. The fourth-order valence-corrected chi connectivity index (χ4v) is 2.69.